The summed E-state index contributed by atoms with van der Waals surface area (Å²) in [4.78, 5) is 4.53. The molecule has 1 aliphatic carbocycles. The predicted molar refractivity (Wildman–Crippen MR) is 82.1 cm³/mol. The maximum atomic E-state index is 13.6. The highest BCUT2D eigenvalue weighted by molar-refractivity contribution is 5.44. The van der Waals surface area contributed by atoms with Crippen LogP contribution in [0.5, 0.6) is 0 Å². The van der Waals surface area contributed by atoms with Gasteiger partial charge in [0.15, 0.2) is 0 Å². The maximum Gasteiger partial charge on any atom is 0.123 e. The Hall–Kier alpha value is -1.68. The number of imidazole rings is 1. The number of fused-ring (bicyclic) bond motifs is 1. The van der Waals surface area contributed by atoms with Crippen molar-refractivity contribution in [2.24, 2.45) is 5.73 Å². The molecule has 4 heteroatoms. The van der Waals surface area contributed by atoms with Gasteiger partial charge in [-0.2, -0.15) is 0 Å². The first-order valence-electron chi connectivity index (χ1n) is 7.78. The van der Waals surface area contributed by atoms with E-state index in [2.05, 4.69) is 16.5 Å². The van der Waals surface area contributed by atoms with E-state index in [4.69, 9.17) is 5.73 Å². The molecule has 21 heavy (non-hydrogen) atoms. The topological polar surface area (TPSA) is 43.8 Å². The first kappa shape index (κ1) is 14.3. The van der Waals surface area contributed by atoms with Gasteiger partial charge in [0.2, 0.25) is 0 Å². The third kappa shape index (κ3) is 2.86. The Kier molecular flexibility index (Phi) is 4.06. The van der Waals surface area contributed by atoms with Crippen LogP contribution in [0, 0.1) is 5.82 Å². The molecule has 3 nitrogen and oxygen atoms in total. The van der Waals surface area contributed by atoms with Crippen LogP contribution in [0.2, 0.25) is 0 Å². The molecule has 0 saturated carbocycles. The largest absolute Gasteiger partial charge is 0.327 e. The molecule has 3 rings (SSSR count). The normalized spacial score (nSPS) is 15.8. The highest BCUT2D eigenvalue weighted by Crippen LogP contribution is 2.26. The van der Waals surface area contributed by atoms with Crippen LogP contribution in [-0.2, 0) is 19.3 Å². The van der Waals surface area contributed by atoms with Gasteiger partial charge in [0.05, 0.1) is 17.7 Å². The summed E-state index contributed by atoms with van der Waals surface area (Å²) in [5.74, 6) is -0.203. The Morgan fingerprint density at radius 1 is 1.33 bits per heavy atom. The zero-order chi connectivity index (χ0) is 14.8. The van der Waals surface area contributed by atoms with Crippen LogP contribution < -0.4 is 5.73 Å². The van der Waals surface area contributed by atoms with E-state index in [1.54, 1.807) is 6.07 Å². The number of aryl methyl sites for hydroxylation is 1. The molecule has 0 fully saturated rings. The average molecular weight is 287 g/mol. The van der Waals surface area contributed by atoms with Crippen LogP contribution in [0.4, 0.5) is 4.39 Å². The maximum absolute atomic E-state index is 13.6. The van der Waals surface area contributed by atoms with E-state index in [1.165, 1.54) is 30.3 Å². The van der Waals surface area contributed by atoms with Gasteiger partial charge in [0.25, 0.3) is 0 Å². The van der Waals surface area contributed by atoms with Crippen LogP contribution in [0.3, 0.4) is 0 Å². The second-order valence-corrected chi connectivity index (χ2v) is 5.86. The van der Waals surface area contributed by atoms with Gasteiger partial charge in [-0.05, 0) is 62.3 Å². The zero-order valence-corrected chi connectivity index (χ0v) is 12.5. The second-order valence-electron chi connectivity index (χ2n) is 5.86. The molecular formula is C17H22FN3. The standard InChI is InChI=1S/C17H22FN3/c1-2-14(19)10-12-9-13(18)7-8-16(12)21-11-20-15-5-3-4-6-17(15)21/h7-9,11,14H,2-6,10,19H2,1H3. The van der Waals surface area contributed by atoms with Crippen molar-refractivity contribution >= 4 is 0 Å². The molecular weight excluding hydrogens is 265 g/mol. The van der Waals surface area contributed by atoms with Gasteiger partial charge in [-0.3, -0.25) is 0 Å². The predicted octanol–water partition coefficient (Wildman–Crippen LogP) is 3.17. The van der Waals surface area contributed by atoms with Gasteiger partial charge in [-0.25, -0.2) is 9.37 Å². The minimum Gasteiger partial charge on any atom is -0.327 e. The van der Waals surface area contributed by atoms with Gasteiger partial charge >= 0.3 is 0 Å². The van der Waals surface area contributed by atoms with E-state index in [1.807, 2.05) is 12.4 Å². The number of hydrogen-bond acceptors (Lipinski definition) is 2. The van der Waals surface area contributed by atoms with Crippen molar-refractivity contribution in [2.45, 2.75) is 51.5 Å². The van der Waals surface area contributed by atoms with Crippen molar-refractivity contribution < 1.29 is 4.39 Å². The Labute approximate surface area is 125 Å². The lowest BCUT2D eigenvalue weighted by Crippen LogP contribution is -2.22. The Morgan fingerprint density at radius 3 is 2.95 bits per heavy atom. The second kappa shape index (κ2) is 5.98. The van der Waals surface area contributed by atoms with Crippen LogP contribution in [0.15, 0.2) is 24.5 Å². The SMILES string of the molecule is CCC(N)Cc1cc(F)ccc1-n1cnc2c1CCCC2. The Bertz CT molecular complexity index is 633. The first-order chi connectivity index (χ1) is 10.2. The minimum atomic E-state index is -0.203. The molecule has 0 radical (unpaired) electrons. The number of nitrogens with two attached hydrogens (primary N) is 1. The highest BCUT2D eigenvalue weighted by Gasteiger charge is 2.18. The van der Waals surface area contributed by atoms with Crippen LogP contribution in [-0.4, -0.2) is 15.6 Å². The van der Waals surface area contributed by atoms with E-state index in [-0.39, 0.29) is 11.9 Å². The average Bonchev–Trinajstić information content (AvgIpc) is 2.91. The highest BCUT2D eigenvalue weighted by atomic mass is 19.1. The molecule has 1 aliphatic rings. The summed E-state index contributed by atoms with van der Waals surface area (Å²) in [6, 6.07) is 5.04. The lowest BCUT2D eigenvalue weighted by atomic mass is 9.99. The summed E-state index contributed by atoms with van der Waals surface area (Å²) in [6.45, 7) is 2.06. The lowest BCUT2D eigenvalue weighted by molar-refractivity contribution is 0.611. The summed E-state index contributed by atoms with van der Waals surface area (Å²) < 4.78 is 15.7. The minimum absolute atomic E-state index is 0.0601. The van der Waals surface area contributed by atoms with Crippen molar-refractivity contribution in [3.63, 3.8) is 0 Å². The third-order valence-corrected chi connectivity index (χ3v) is 4.34. The summed E-state index contributed by atoms with van der Waals surface area (Å²) in [5.41, 5.74) is 10.5. The van der Waals surface area contributed by atoms with Crippen molar-refractivity contribution in [1.29, 1.82) is 0 Å². The molecule has 1 aromatic heterocycles. The molecule has 1 heterocycles. The van der Waals surface area contributed by atoms with Crippen LogP contribution >= 0.6 is 0 Å². The van der Waals surface area contributed by atoms with Crippen LogP contribution in [0.25, 0.3) is 5.69 Å². The van der Waals surface area contributed by atoms with Gasteiger partial charge in [0.1, 0.15) is 5.82 Å². The molecule has 0 aliphatic heterocycles. The summed E-state index contributed by atoms with van der Waals surface area (Å²) in [5, 5.41) is 0. The quantitative estimate of drug-likeness (QED) is 0.938. The first-order valence-corrected chi connectivity index (χ1v) is 7.78. The van der Waals surface area contributed by atoms with Crippen molar-refractivity contribution in [3.05, 3.63) is 47.3 Å². The molecule has 1 aromatic carbocycles. The fourth-order valence-electron chi connectivity index (χ4n) is 3.06. The third-order valence-electron chi connectivity index (χ3n) is 4.34. The number of aromatic nitrogens is 2. The Balaban J connectivity index is 2.03. The Morgan fingerprint density at radius 2 is 2.14 bits per heavy atom. The van der Waals surface area contributed by atoms with Crippen molar-refractivity contribution in [2.75, 3.05) is 0 Å². The van der Waals surface area contributed by atoms with Gasteiger partial charge < -0.3 is 10.3 Å². The molecule has 0 spiro atoms. The van der Waals surface area contributed by atoms with E-state index in [9.17, 15) is 4.39 Å². The number of nitrogens with zero attached hydrogens (tertiary/aromatic N) is 2. The molecule has 0 bridgehead atoms. The monoisotopic (exact) mass is 287 g/mol. The molecule has 0 amide bonds. The van der Waals surface area contributed by atoms with Gasteiger partial charge in [0, 0.05) is 11.7 Å². The van der Waals surface area contributed by atoms with Crippen molar-refractivity contribution in [3.8, 4) is 5.69 Å². The summed E-state index contributed by atoms with van der Waals surface area (Å²) >= 11 is 0. The molecule has 0 saturated heterocycles. The molecule has 1 unspecified atom stereocenters. The van der Waals surface area contributed by atoms with E-state index in [0.29, 0.717) is 6.42 Å². The number of hydrogen-bond donors (Lipinski definition) is 1. The van der Waals surface area contributed by atoms with Crippen LogP contribution in [0.1, 0.15) is 43.1 Å². The number of benzene rings is 1. The number of halogens is 1. The molecule has 112 valence electrons. The van der Waals surface area contributed by atoms with Gasteiger partial charge in [-0.15, -0.1) is 0 Å². The fourth-order valence-corrected chi connectivity index (χ4v) is 3.06. The molecule has 2 aromatic rings. The van der Waals surface area contributed by atoms with E-state index in [0.717, 1.165) is 30.5 Å². The lowest BCUT2D eigenvalue weighted by Gasteiger charge is -2.18. The molecule has 1 atom stereocenters. The van der Waals surface area contributed by atoms with E-state index < -0.39 is 0 Å². The van der Waals surface area contributed by atoms with Crippen molar-refractivity contribution in [1.82, 2.24) is 9.55 Å². The number of rotatable bonds is 4. The smallest absolute Gasteiger partial charge is 0.123 e. The summed E-state index contributed by atoms with van der Waals surface area (Å²) in [7, 11) is 0. The molecule has 2 N–H and O–H groups in total. The van der Waals surface area contributed by atoms with Gasteiger partial charge in [-0.1, -0.05) is 6.92 Å². The van der Waals surface area contributed by atoms with E-state index >= 15 is 0 Å². The zero-order valence-electron chi connectivity index (χ0n) is 12.5. The fraction of sp³-hybridized carbons (Fsp3) is 0.471. The summed E-state index contributed by atoms with van der Waals surface area (Å²) in [6.07, 6.45) is 7.96.